The molecule has 4 atom stereocenters. The van der Waals surface area contributed by atoms with E-state index in [-0.39, 0.29) is 38.6 Å². The summed E-state index contributed by atoms with van der Waals surface area (Å²) in [5, 5.41) is 0. The number of hydrogen-bond donors (Lipinski definition) is 0. The van der Waals surface area contributed by atoms with Crippen molar-refractivity contribution in [3.8, 4) is 22.5 Å². The minimum absolute atomic E-state index is 0.0188. The highest BCUT2D eigenvalue weighted by Gasteiger charge is 2.63. The quantitative estimate of drug-likeness (QED) is 0.134. The van der Waals surface area contributed by atoms with Crippen molar-refractivity contribution in [3.05, 3.63) is 125 Å². The number of benzene rings is 3. The van der Waals surface area contributed by atoms with Gasteiger partial charge in [0.2, 0.25) is 0 Å². The molecule has 8 heteroatoms. The maximum absolute atomic E-state index is 13.6. The zero-order chi connectivity index (χ0) is 37.3. The van der Waals surface area contributed by atoms with Crippen LogP contribution in [0.5, 0.6) is 0 Å². The van der Waals surface area contributed by atoms with E-state index in [0.717, 1.165) is 56.5 Å². The van der Waals surface area contributed by atoms with Gasteiger partial charge in [0.15, 0.2) is 5.78 Å². The van der Waals surface area contributed by atoms with Gasteiger partial charge >= 0.3 is 0 Å². The number of Topliss-reactive ketones (excluding diaryl/α,β-unsaturated/α-hetero) is 1. The van der Waals surface area contributed by atoms with Gasteiger partial charge in [0, 0.05) is 45.2 Å². The van der Waals surface area contributed by atoms with Crippen LogP contribution in [0.1, 0.15) is 119 Å². The lowest BCUT2D eigenvalue weighted by molar-refractivity contribution is 0.101. The highest BCUT2D eigenvalue weighted by atomic mass is 127. The Bertz CT molecular complexity index is 2440. The lowest BCUT2D eigenvalue weighted by atomic mass is 9.70. The number of aromatic nitrogens is 4. The summed E-state index contributed by atoms with van der Waals surface area (Å²) in [6.07, 6.45) is 4.53. The Morgan fingerprint density at radius 3 is 1.63 bits per heavy atom. The first-order valence-electron chi connectivity index (χ1n) is 18.6. The van der Waals surface area contributed by atoms with E-state index >= 15 is 0 Å². The fourth-order valence-corrected chi connectivity index (χ4v) is 11.6. The number of nitrogens with zero attached hydrogens (tertiary/aromatic N) is 4. The fraction of sp³-hybridized carbons (Fsp3) is 0.432. The van der Waals surface area contributed by atoms with Crippen molar-refractivity contribution in [1.82, 2.24) is 18.7 Å². The number of carbonyl (C=O) groups excluding carboxylic acids is 1. The molecule has 9 rings (SSSR count). The second-order valence-corrected chi connectivity index (χ2v) is 18.5. The van der Waals surface area contributed by atoms with E-state index in [4.69, 9.17) is 0 Å². The van der Waals surface area contributed by atoms with Crippen LogP contribution in [-0.4, -0.2) is 24.5 Å². The number of carbonyl (C=O) groups is 1. The molecular weight excluding hydrogens is 759 g/mol. The fourth-order valence-electron chi connectivity index (χ4n) is 11.1. The topological polar surface area (TPSA) is 70.9 Å². The summed E-state index contributed by atoms with van der Waals surface area (Å²) in [5.41, 5.74) is 9.58. The number of fused-ring (bicyclic) bond motifs is 10. The van der Waals surface area contributed by atoms with Crippen LogP contribution in [0.3, 0.4) is 0 Å². The van der Waals surface area contributed by atoms with E-state index < -0.39 is 0 Å². The van der Waals surface area contributed by atoms with Gasteiger partial charge in [0.25, 0.3) is 11.1 Å². The monoisotopic (exact) mass is 808 g/mol. The van der Waals surface area contributed by atoms with Gasteiger partial charge in [-0.15, -0.1) is 0 Å². The SMILES string of the molecule is CC(=O)c1ccccc1-c1cccc(-n2c(=O)c3c(n2C)[C@]2(C)CC[C@H]3C2(C)C)c1.Cn1c2c(c(=O)n1-c1cccc(I)c1)[C@H]1CC[C@]2(C)C1(C)C. The third kappa shape index (κ3) is 4.45. The molecule has 5 aromatic rings. The van der Waals surface area contributed by atoms with Gasteiger partial charge in [-0.05, 0) is 119 Å². The molecule has 2 heterocycles. The molecule has 2 saturated carbocycles. The Morgan fingerprint density at radius 2 is 1.15 bits per heavy atom. The molecule has 4 aliphatic carbocycles. The molecule has 0 radical (unpaired) electrons. The van der Waals surface area contributed by atoms with Crippen molar-refractivity contribution in [2.75, 3.05) is 0 Å². The van der Waals surface area contributed by atoms with Gasteiger partial charge in [0.1, 0.15) is 0 Å². The Labute approximate surface area is 319 Å². The predicted octanol–water partition coefficient (Wildman–Crippen LogP) is 9.18. The first-order chi connectivity index (χ1) is 24.5. The molecule has 0 unspecified atom stereocenters. The molecule has 4 aliphatic rings. The van der Waals surface area contributed by atoms with Crippen LogP contribution >= 0.6 is 22.6 Å². The van der Waals surface area contributed by atoms with Crippen LogP contribution in [0.25, 0.3) is 22.5 Å². The van der Waals surface area contributed by atoms with Crippen LogP contribution in [0.2, 0.25) is 0 Å². The standard InChI is InChI=1S/C26H28N2O2.C18H21IN2O/c1-16(29)19-11-6-7-12-20(19)17-9-8-10-18(15-17)28-24(30)22-21-13-14-26(4,25(21,2)3)23(22)27(28)5;1-17(2)13-8-9-18(17,3)15-14(13)16(22)21(20(15)4)12-7-5-6-11(19)10-12/h6-12,15,21H,13-14H2,1-5H3;5-7,10,13H,8-9H2,1-4H3/t21-,26+;13-,18+/m11/s1. The Hall–Kier alpha value is -3.92. The van der Waals surface area contributed by atoms with E-state index in [1.165, 1.54) is 17.8 Å². The summed E-state index contributed by atoms with van der Waals surface area (Å²) in [6.45, 7) is 15.5. The largest absolute Gasteiger partial charge is 0.294 e. The Balaban J connectivity index is 0.000000156. The van der Waals surface area contributed by atoms with Crippen molar-refractivity contribution in [2.45, 2.75) is 96.8 Å². The second-order valence-electron chi connectivity index (χ2n) is 17.2. The summed E-state index contributed by atoms with van der Waals surface area (Å²) < 4.78 is 9.02. The van der Waals surface area contributed by atoms with Crippen molar-refractivity contribution < 1.29 is 4.79 Å². The van der Waals surface area contributed by atoms with Crippen molar-refractivity contribution in [3.63, 3.8) is 0 Å². The van der Waals surface area contributed by atoms with Gasteiger partial charge in [-0.2, -0.15) is 0 Å². The number of halogens is 1. The van der Waals surface area contributed by atoms with Crippen LogP contribution < -0.4 is 11.1 Å². The molecule has 2 aromatic heterocycles. The molecule has 4 bridgehead atoms. The average Bonchev–Trinajstić information content (AvgIpc) is 3.79. The first-order valence-corrected chi connectivity index (χ1v) is 19.7. The Morgan fingerprint density at radius 1 is 0.673 bits per heavy atom. The first kappa shape index (κ1) is 35.1. The van der Waals surface area contributed by atoms with Crippen LogP contribution in [-0.2, 0) is 24.9 Å². The minimum Gasteiger partial charge on any atom is -0.294 e. The number of rotatable bonds is 4. The van der Waals surface area contributed by atoms with E-state index in [9.17, 15) is 14.4 Å². The second kappa shape index (κ2) is 11.5. The highest BCUT2D eigenvalue weighted by molar-refractivity contribution is 14.1. The molecule has 3 aromatic carbocycles. The highest BCUT2D eigenvalue weighted by Crippen LogP contribution is 2.68. The van der Waals surface area contributed by atoms with Crippen LogP contribution in [0.15, 0.2) is 82.4 Å². The van der Waals surface area contributed by atoms with Gasteiger partial charge < -0.3 is 0 Å². The molecule has 0 N–H and O–H groups in total. The number of hydrogen-bond acceptors (Lipinski definition) is 3. The third-order valence-electron chi connectivity index (χ3n) is 14.6. The normalized spacial score (nSPS) is 25.5. The third-order valence-corrected chi connectivity index (χ3v) is 15.2. The summed E-state index contributed by atoms with van der Waals surface area (Å²) in [5.74, 6) is 0.757. The Kier molecular flexibility index (Phi) is 7.79. The van der Waals surface area contributed by atoms with Gasteiger partial charge in [-0.1, -0.05) is 84.0 Å². The average molecular weight is 809 g/mol. The summed E-state index contributed by atoms with van der Waals surface area (Å²) in [7, 11) is 4.06. The molecule has 0 aliphatic heterocycles. The molecule has 0 saturated heterocycles. The maximum Gasteiger partial charge on any atom is 0.275 e. The maximum atomic E-state index is 13.6. The summed E-state index contributed by atoms with van der Waals surface area (Å²) in [6, 6.07) is 23.8. The predicted molar refractivity (Wildman–Crippen MR) is 216 cm³/mol. The van der Waals surface area contributed by atoms with Crippen molar-refractivity contribution in [2.24, 2.45) is 24.9 Å². The van der Waals surface area contributed by atoms with Crippen LogP contribution in [0, 0.1) is 14.4 Å². The lowest BCUT2D eigenvalue weighted by Crippen LogP contribution is -2.35. The molecule has 0 spiro atoms. The molecule has 7 nitrogen and oxygen atoms in total. The lowest BCUT2D eigenvalue weighted by Gasteiger charge is -2.36. The zero-order valence-corrected chi connectivity index (χ0v) is 34.0. The zero-order valence-electron chi connectivity index (χ0n) is 31.8. The molecule has 270 valence electrons. The van der Waals surface area contributed by atoms with E-state index in [2.05, 4.69) is 85.6 Å². The molecule has 0 amide bonds. The van der Waals surface area contributed by atoms with E-state index in [0.29, 0.717) is 17.4 Å². The molecular formula is C44H49IN4O3. The summed E-state index contributed by atoms with van der Waals surface area (Å²) in [4.78, 5) is 38.9. The summed E-state index contributed by atoms with van der Waals surface area (Å²) >= 11 is 2.30. The minimum atomic E-state index is 0.0188. The van der Waals surface area contributed by atoms with Crippen LogP contribution in [0.4, 0.5) is 0 Å². The van der Waals surface area contributed by atoms with Crippen molar-refractivity contribution in [1.29, 1.82) is 0 Å². The van der Waals surface area contributed by atoms with Gasteiger partial charge in [0.05, 0.1) is 22.8 Å². The number of ketones is 1. The molecule has 52 heavy (non-hydrogen) atoms. The molecule has 2 fully saturated rings. The van der Waals surface area contributed by atoms with Crippen molar-refractivity contribution >= 4 is 28.4 Å². The van der Waals surface area contributed by atoms with E-state index in [1.807, 2.05) is 84.1 Å². The smallest absolute Gasteiger partial charge is 0.275 e. The van der Waals surface area contributed by atoms with Gasteiger partial charge in [-0.3, -0.25) is 23.7 Å². The van der Waals surface area contributed by atoms with E-state index in [1.54, 1.807) is 6.92 Å². The van der Waals surface area contributed by atoms with Gasteiger partial charge in [-0.25, -0.2) is 9.36 Å².